The van der Waals surface area contributed by atoms with Crippen molar-refractivity contribution in [1.82, 2.24) is 0 Å². The molecule has 1 aliphatic rings. The summed E-state index contributed by atoms with van der Waals surface area (Å²) in [7, 11) is 0. The molecule has 2 rings (SSSR count). The first kappa shape index (κ1) is 15.2. The van der Waals surface area contributed by atoms with Gasteiger partial charge in [0.1, 0.15) is 0 Å². The van der Waals surface area contributed by atoms with Gasteiger partial charge in [0.05, 0.1) is 0 Å². The van der Waals surface area contributed by atoms with Gasteiger partial charge < -0.3 is 10.2 Å². The summed E-state index contributed by atoms with van der Waals surface area (Å²) in [6, 6.07) is 8.08. The van der Waals surface area contributed by atoms with Gasteiger partial charge in [0.2, 0.25) is 5.91 Å². The lowest BCUT2D eigenvalue weighted by molar-refractivity contribution is -0.117. The summed E-state index contributed by atoms with van der Waals surface area (Å²) in [5.41, 5.74) is 2.25. The van der Waals surface area contributed by atoms with Crippen molar-refractivity contribution in [2.45, 2.75) is 33.1 Å². The third kappa shape index (κ3) is 3.69. The average Bonchev–Trinajstić information content (AvgIpc) is 3.22. The van der Waals surface area contributed by atoms with Crippen molar-refractivity contribution in [3.63, 3.8) is 0 Å². The highest BCUT2D eigenvalue weighted by Crippen LogP contribution is 2.49. The molecule has 0 aliphatic heterocycles. The van der Waals surface area contributed by atoms with Crippen molar-refractivity contribution in [2.75, 3.05) is 29.1 Å². The summed E-state index contributed by atoms with van der Waals surface area (Å²) in [5.74, 6) is 0.911. The molecule has 0 heterocycles. The molecule has 0 unspecified atom stereocenters. The zero-order chi connectivity index (χ0) is 14.6. The van der Waals surface area contributed by atoms with E-state index in [1.165, 1.54) is 5.69 Å². The van der Waals surface area contributed by atoms with Crippen LogP contribution in [-0.4, -0.2) is 24.7 Å². The minimum absolute atomic E-state index is 0.104. The van der Waals surface area contributed by atoms with Crippen molar-refractivity contribution < 1.29 is 4.79 Å². The Morgan fingerprint density at radius 2 is 1.85 bits per heavy atom. The summed E-state index contributed by atoms with van der Waals surface area (Å²) in [6.45, 7) is 6.27. The lowest BCUT2D eigenvalue weighted by Crippen LogP contribution is -2.22. The number of carbonyl (C=O) groups excluding carboxylic acids is 1. The molecule has 0 bridgehead atoms. The quantitative estimate of drug-likeness (QED) is 0.753. The number of benzene rings is 1. The molecule has 3 nitrogen and oxygen atoms in total. The zero-order valence-electron chi connectivity index (χ0n) is 12.4. The molecule has 20 heavy (non-hydrogen) atoms. The van der Waals surface area contributed by atoms with E-state index in [1.807, 2.05) is 12.1 Å². The van der Waals surface area contributed by atoms with Crippen molar-refractivity contribution in [2.24, 2.45) is 5.41 Å². The molecule has 0 spiro atoms. The molecule has 0 saturated heterocycles. The monoisotopic (exact) mass is 292 g/mol. The van der Waals surface area contributed by atoms with E-state index in [0.29, 0.717) is 6.42 Å². The molecule has 1 aromatic carbocycles. The predicted octanol–water partition coefficient (Wildman–Crippen LogP) is 3.57. The minimum Gasteiger partial charge on any atom is -0.372 e. The molecule has 1 N–H and O–H groups in total. The predicted molar refractivity (Wildman–Crippen MR) is 88.8 cm³/mol. The van der Waals surface area contributed by atoms with Crippen LogP contribution in [0.1, 0.15) is 33.1 Å². The normalized spacial score (nSPS) is 15.8. The van der Waals surface area contributed by atoms with Crippen LogP contribution in [0.15, 0.2) is 24.3 Å². The van der Waals surface area contributed by atoms with E-state index < -0.39 is 0 Å². The third-order valence-electron chi connectivity index (χ3n) is 4.11. The number of rotatable bonds is 7. The summed E-state index contributed by atoms with van der Waals surface area (Å²) in [4.78, 5) is 14.3. The van der Waals surface area contributed by atoms with Crippen LogP contribution < -0.4 is 10.2 Å². The largest absolute Gasteiger partial charge is 0.372 e. The summed E-state index contributed by atoms with van der Waals surface area (Å²) in [5, 5.41) is 2.98. The molecule has 0 radical (unpaired) electrons. The van der Waals surface area contributed by atoms with E-state index >= 15 is 0 Å². The van der Waals surface area contributed by atoms with Crippen LogP contribution >= 0.6 is 12.6 Å². The van der Waals surface area contributed by atoms with Gasteiger partial charge in [-0.15, -0.1) is 0 Å². The van der Waals surface area contributed by atoms with Crippen LogP contribution in [-0.2, 0) is 4.79 Å². The van der Waals surface area contributed by atoms with Gasteiger partial charge in [-0.05, 0) is 62.1 Å². The van der Waals surface area contributed by atoms with Gasteiger partial charge in [-0.25, -0.2) is 0 Å². The average molecular weight is 292 g/mol. The maximum absolute atomic E-state index is 12.0. The number of anilines is 2. The highest BCUT2D eigenvalue weighted by Gasteiger charge is 2.42. The van der Waals surface area contributed by atoms with Crippen LogP contribution in [0, 0.1) is 5.41 Å². The number of carbonyl (C=O) groups is 1. The Morgan fingerprint density at radius 1 is 1.25 bits per heavy atom. The Kier molecular flexibility index (Phi) is 4.97. The molecule has 1 amide bonds. The fourth-order valence-electron chi connectivity index (χ4n) is 2.46. The smallest absolute Gasteiger partial charge is 0.224 e. The van der Waals surface area contributed by atoms with Crippen molar-refractivity contribution in [1.29, 1.82) is 0 Å². The molecule has 0 atom stereocenters. The van der Waals surface area contributed by atoms with E-state index in [4.69, 9.17) is 0 Å². The van der Waals surface area contributed by atoms with Crippen LogP contribution in [0.2, 0.25) is 0 Å². The van der Waals surface area contributed by atoms with Crippen LogP contribution in [0.25, 0.3) is 0 Å². The molecule has 1 saturated carbocycles. The lowest BCUT2D eigenvalue weighted by Gasteiger charge is -2.21. The Balaban J connectivity index is 1.91. The van der Waals surface area contributed by atoms with Gasteiger partial charge in [-0.3, -0.25) is 4.79 Å². The summed E-state index contributed by atoms with van der Waals surface area (Å²) < 4.78 is 0. The maximum Gasteiger partial charge on any atom is 0.224 e. The Bertz CT molecular complexity index is 450. The summed E-state index contributed by atoms with van der Waals surface area (Å²) >= 11 is 4.34. The van der Waals surface area contributed by atoms with Crippen LogP contribution in [0.5, 0.6) is 0 Å². The van der Waals surface area contributed by atoms with Gasteiger partial charge in [-0.1, -0.05) is 0 Å². The minimum atomic E-state index is 0.104. The van der Waals surface area contributed by atoms with E-state index in [-0.39, 0.29) is 11.3 Å². The maximum atomic E-state index is 12.0. The first-order chi connectivity index (χ1) is 9.62. The zero-order valence-corrected chi connectivity index (χ0v) is 13.2. The summed E-state index contributed by atoms with van der Waals surface area (Å²) in [6.07, 6.45) is 2.85. The second kappa shape index (κ2) is 6.53. The second-order valence-electron chi connectivity index (χ2n) is 5.60. The fraction of sp³-hybridized carbons (Fsp3) is 0.562. The number of nitrogens with zero attached hydrogens (tertiary/aromatic N) is 1. The SMILES string of the molecule is CCN(CC)c1ccc(NC(=O)CC2(CS)CC2)cc1. The highest BCUT2D eigenvalue weighted by molar-refractivity contribution is 7.80. The van der Waals surface area contributed by atoms with Gasteiger partial charge in [0.15, 0.2) is 0 Å². The van der Waals surface area contributed by atoms with E-state index in [2.05, 4.69) is 48.8 Å². The topological polar surface area (TPSA) is 32.3 Å². The molecule has 1 fully saturated rings. The van der Waals surface area contributed by atoms with Crippen molar-refractivity contribution in [3.05, 3.63) is 24.3 Å². The van der Waals surface area contributed by atoms with Crippen LogP contribution in [0.3, 0.4) is 0 Å². The Labute approximate surface area is 127 Å². The number of hydrogen-bond acceptors (Lipinski definition) is 3. The number of amides is 1. The third-order valence-corrected chi connectivity index (χ3v) is 4.78. The van der Waals surface area contributed by atoms with E-state index in [0.717, 1.165) is 37.4 Å². The Morgan fingerprint density at radius 3 is 2.30 bits per heavy atom. The van der Waals surface area contributed by atoms with Gasteiger partial charge in [0.25, 0.3) is 0 Å². The van der Waals surface area contributed by atoms with E-state index in [1.54, 1.807) is 0 Å². The first-order valence-corrected chi connectivity index (χ1v) is 8.01. The Hall–Kier alpha value is -1.16. The molecule has 110 valence electrons. The molecular weight excluding hydrogens is 268 g/mol. The van der Waals surface area contributed by atoms with Gasteiger partial charge in [-0.2, -0.15) is 12.6 Å². The molecule has 1 aliphatic carbocycles. The molecular formula is C16H24N2OS. The van der Waals surface area contributed by atoms with Gasteiger partial charge in [0, 0.05) is 30.9 Å². The number of hydrogen-bond donors (Lipinski definition) is 2. The first-order valence-electron chi connectivity index (χ1n) is 7.38. The van der Waals surface area contributed by atoms with Crippen molar-refractivity contribution in [3.8, 4) is 0 Å². The van der Waals surface area contributed by atoms with Gasteiger partial charge >= 0.3 is 0 Å². The fourth-order valence-corrected chi connectivity index (χ4v) is 2.89. The van der Waals surface area contributed by atoms with E-state index in [9.17, 15) is 4.79 Å². The molecule has 1 aromatic rings. The molecule has 0 aromatic heterocycles. The highest BCUT2D eigenvalue weighted by atomic mass is 32.1. The van der Waals surface area contributed by atoms with Crippen molar-refractivity contribution >= 4 is 29.9 Å². The molecule has 4 heteroatoms. The van der Waals surface area contributed by atoms with Crippen LogP contribution in [0.4, 0.5) is 11.4 Å². The number of thiol groups is 1. The second-order valence-corrected chi connectivity index (χ2v) is 5.92. The lowest BCUT2D eigenvalue weighted by atomic mass is 10.1. The standard InChI is InChI=1S/C16H24N2OS/c1-3-18(4-2)14-7-5-13(6-8-14)17-15(19)11-16(12-20)9-10-16/h5-8,20H,3-4,9-12H2,1-2H3,(H,17,19). The number of nitrogens with one attached hydrogen (secondary N) is 1.